The Balaban J connectivity index is 0. The van der Waals surface area contributed by atoms with E-state index in [0.29, 0.717) is 12.1 Å². The summed E-state index contributed by atoms with van der Waals surface area (Å²) in [5, 5.41) is 0. The van der Waals surface area contributed by atoms with Crippen LogP contribution in [0.15, 0.2) is 4.99 Å². The van der Waals surface area contributed by atoms with Crippen molar-refractivity contribution in [2.24, 2.45) is 4.99 Å². The van der Waals surface area contributed by atoms with Gasteiger partial charge in [0.1, 0.15) is 0 Å². The van der Waals surface area contributed by atoms with E-state index >= 15 is 0 Å². The van der Waals surface area contributed by atoms with Crippen molar-refractivity contribution in [1.82, 2.24) is 4.90 Å². The third kappa shape index (κ3) is 10.4. The number of hydrogen-bond acceptors (Lipinski definition) is 1. The Kier molecular flexibility index (Phi) is 12.3. The first-order valence-electron chi connectivity index (χ1n) is 5.80. The van der Waals surface area contributed by atoms with Crippen molar-refractivity contribution in [3.05, 3.63) is 0 Å². The van der Waals surface area contributed by atoms with E-state index in [1.54, 1.807) is 0 Å². The van der Waals surface area contributed by atoms with Crippen LogP contribution in [0.1, 0.15) is 53.9 Å². The van der Waals surface area contributed by atoms with Gasteiger partial charge in [0.05, 0.1) is 0 Å². The number of aliphatic imine (C=N–C) groups is 1. The molecule has 0 atom stereocenters. The fourth-order valence-corrected chi connectivity index (χ4v) is 1.15. The van der Waals surface area contributed by atoms with Gasteiger partial charge in [-0.2, -0.15) is 0 Å². The molecule has 0 saturated carbocycles. The first-order valence-corrected chi connectivity index (χ1v) is 5.80. The molecular weight excluding hydrogens is 179 g/mol. The average molecular weight is 204 g/mol. The van der Waals surface area contributed by atoms with Gasteiger partial charge in [0.15, 0.2) is 0 Å². The Morgan fingerprint density at radius 1 is 1.13 bits per heavy atom. The minimum Gasteiger partial charge on any atom is -0.535 e. The van der Waals surface area contributed by atoms with Crippen LogP contribution in [0, 0.1) is 0 Å². The van der Waals surface area contributed by atoms with Crippen LogP contribution in [-0.2, 0) is 0 Å². The topological polar surface area (TPSA) is 15.6 Å². The smallest absolute Gasteiger partial charge is 0.535 e. The maximum atomic E-state index is 4.30. The SMILES string of the molecule is CCCCCN([C-]=NC(C)C)C(C)C.[Li+]. The second-order valence-electron chi connectivity index (χ2n) is 4.32. The summed E-state index contributed by atoms with van der Waals surface area (Å²) in [5.74, 6) is 0. The molecule has 0 aromatic rings. The first-order chi connectivity index (χ1) is 6.57. The van der Waals surface area contributed by atoms with Gasteiger partial charge in [0.2, 0.25) is 0 Å². The molecule has 0 aliphatic rings. The van der Waals surface area contributed by atoms with Crippen LogP contribution in [0.25, 0.3) is 0 Å². The van der Waals surface area contributed by atoms with Crippen molar-refractivity contribution in [3.63, 3.8) is 0 Å². The van der Waals surface area contributed by atoms with Crippen LogP contribution >= 0.6 is 0 Å². The number of hydrogen-bond donors (Lipinski definition) is 0. The van der Waals surface area contributed by atoms with Crippen molar-refractivity contribution < 1.29 is 18.9 Å². The Morgan fingerprint density at radius 2 is 1.73 bits per heavy atom. The van der Waals surface area contributed by atoms with Gasteiger partial charge in [-0.15, -0.1) is 0 Å². The predicted molar refractivity (Wildman–Crippen MR) is 63.9 cm³/mol. The monoisotopic (exact) mass is 204 g/mol. The minimum atomic E-state index is 0. The van der Waals surface area contributed by atoms with Gasteiger partial charge in [-0.05, 0) is 46.7 Å². The van der Waals surface area contributed by atoms with Crippen LogP contribution in [0.4, 0.5) is 0 Å². The number of rotatable bonds is 7. The zero-order chi connectivity index (χ0) is 11.0. The summed E-state index contributed by atoms with van der Waals surface area (Å²) in [6, 6.07) is 0.858. The van der Waals surface area contributed by atoms with Crippen molar-refractivity contribution in [3.8, 4) is 0 Å². The molecule has 0 aromatic heterocycles. The number of nitrogens with zero attached hydrogens (tertiary/aromatic N) is 2. The fourth-order valence-electron chi connectivity index (χ4n) is 1.15. The van der Waals surface area contributed by atoms with Gasteiger partial charge in [0.25, 0.3) is 0 Å². The van der Waals surface area contributed by atoms with Crippen LogP contribution < -0.4 is 18.9 Å². The van der Waals surface area contributed by atoms with E-state index in [1.165, 1.54) is 19.3 Å². The van der Waals surface area contributed by atoms with Crippen molar-refractivity contribution in [2.45, 2.75) is 66.0 Å². The summed E-state index contributed by atoms with van der Waals surface area (Å²) < 4.78 is 0. The second-order valence-corrected chi connectivity index (χ2v) is 4.32. The van der Waals surface area contributed by atoms with Crippen LogP contribution in [0.3, 0.4) is 0 Å². The van der Waals surface area contributed by atoms with E-state index in [9.17, 15) is 0 Å². The molecule has 0 aliphatic heterocycles. The summed E-state index contributed by atoms with van der Waals surface area (Å²) in [7, 11) is 0. The maximum absolute atomic E-state index is 4.30. The fraction of sp³-hybridized carbons (Fsp3) is 0.917. The van der Waals surface area contributed by atoms with Gasteiger partial charge in [-0.3, -0.25) is 6.34 Å². The van der Waals surface area contributed by atoms with Crippen LogP contribution in [0.2, 0.25) is 0 Å². The van der Waals surface area contributed by atoms with E-state index < -0.39 is 0 Å². The molecule has 0 bridgehead atoms. The van der Waals surface area contributed by atoms with Gasteiger partial charge in [-0.1, -0.05) is 19.8 Å². The molecule has 0 unspecified atom stereocenters. The molecule has 0 aromatic carbocycles. The minimum absolute atomic E-state index is 0. The molecule has 0 spiro atoms. The molecule has 84 valence electrons. The molecule has 0 fully saturated rings. The zero-order valence-electron chi connectivity index (χ0n) is 11.4. The van der Waals surface area contributed by atoms with Crippen LogP contribution in [-0.4, -0.2) is 29.9 Å². The van der Waals surface area contributed by atoms with E-state index in [2.05, 4.69) is 50.8 Å². The molecule has 15 heavy (non-hydrogen) atoms. The summed E-state index contributed by atoms with van der Waals surface area (Å²) in [5.41, 5.74) is 0. The van der Waals surface area contributed by atoms with E-state index in [1.807, 2.05) is 0 Å². The maximum Gasteiger partial charge on any atom is 1.00 e. The van der Waals surface area contributed by atoms with Crippen molar-refractivity contribution >= 4 is 6.34 Å². The molecule has 0 N–H and O–H groups in total. The summed E-state index contributed by atoms with van der Waals surface area (Å²) >= 11 is 0. The first kappa shape index (κ1) is 17.5. The van der Waals surface area contributed by atoms with Gasteiger partial charge in [0, 0.05) is 6.04 Å². The van der Waals surface area contributed by atoms with Crippen LogP contribution in [0.5, 0.6) is 0 Å². The summed E-state index contributed by atoms with van der Waals surface area (Å²) in [6.45, 7) is 11.9. The molecule has 0 radical (unpaired) electrons. The molecule has 2 nitrogen and oxygen atoms in total. The Morgan fingerprint density at radius 3 is 2.13 bits per heavy atom. The molecule has 0 amide bonds. The third-order valence-electron chi connectivity index (χ3n) is 2.07. The normalized spacial score (nSPS) is 11.1. The van der Waals surface area contributed by atoms with Gasteiger partial charge < -0.3 is 9.89 Å². The second kappa shape index (κ2) is 10.6. The predicted octanol–water partition coefficient (Wildman–Crippen LogP) is 0.205. The van der Waals surface area contributed by atoms with Gasteiger partial charge in [-0.25, -0.2) is 0 Å². The molecule has 0 aliphatic carbocycles. The molecule has 0 heterocycles. The molecule has 0 rings (SSSR count). The average Bonchev–Trinajstić information content (AvgIpc) is 2.10. The quantitative estimate of drug-likeness (QED) is 0.144. The van der Waals surface area contributed by atoms with E-state index in [0.717, 1.165) is 6.54 Å². The third-order valence-corrected chi connectivity index (χ3v) is 2.07. The van der Waals surface area contributed by atoms with E-state index in [-0.39, 0.29) is 18.9 Å². The summed E-state index contributed by atoms with van der Waals surface area (Å²) in [4.78, 5) is 6.50. The van der Waals surface area contributed by atoms with E-state index in [4.69, 9.17) is 0 Å². The molecular formula is C12H25LiN2. The Hall–Kier alpha value is 0.0674. The standard InChI is InChI=1S/C12H25N2.Li/c1-6-7-8-9-14(12(4)5)10-13-11(2)3;/h11-12H,6-9H2,1-5H3;/q-1;+1. The largest absolute Gasteiger partial charge is 1.00 e. The van der Waals surface area contributed by atoms with Crippen molar-refractivity contribution in [2.75, 3.05) is 6.54 Å². The molecule has 3 heteroatoms. The Labute approximate surface area is 108 Å². The van der Waals surface area contributed by atoms with Crippen molar-refractivity contribution in [1.29, 1.82) is 0 Å². The van der Waals surface area contributed by atoms with Gasteiger partial charge >= 0.3 is 18.9 Å². The Bertz CT molecular complexity index is 156. The molecule has 0 saturated heterocycles. The zero-order valence-corrected chi connectivity index (χ0v) is 11.4. The summed E-state index contributed by atoms with van der Waals surface area (Å²) in [6.07, 6.45) is 6.95. The number of unbranched alkanes of at least 4 members (excludes halogenated alkanes) is 2.